The monoisotopic (exact) mass is 623 g/mol. The smallest absolute Gasteiger partial charge is 0.267 e. The Balaban J connectivity index is 1.31. The number of hydrogen-bond acceptors (Lipinski definition) is 8. The number of amides is 1. The van der Waals surface area contributed by atoms with Gasteiger partial charge in [0.15, 0.2) is 6.10 Å². The van der Waals surface area contributed by atoms with Crippen LogP contribution in [-0.4, -0.2) is 49.6 Å². The van der Waals surface area contributed by atoms with Gasteiger partial charge in [-0.3, -0.25) is 13.8 Å². The molecule has 0 radical (unpaired) electrons. The SMILES string of the molecule is COc1ccc(NS(=O)(=O)c2ccc(NC(=O)C3CN(S(=O)(=O)Cc4ccccc4)c4ccccc4O3)cc2)c(OC)c1. The van der Waals surface area contributed by atoms with Crippen LogP contribution in [0.5, 0.6) is 17.2 Å². The topological polar surface area (TPSA) is 140 Å². The maximum atomic E-state index is 13.4. The summed E-state index contributed by atoms with van der Waals surface area (Å²) in [6, 6.07) is 25.6. The highest BCUT2D eigenvalue weighted by Crippen LogP contribution is 2.36. The molecule has 2 N–H and O–H groups in total. The maximum Gasteiger partial charge on any atom is 0.267 e. The summed E-state index contributed by atoms with van der Waals surface area (Å²) >= 11 is 0. The fourth-order valence-corrected chi connectivity index (χ4v) is 7.14. The summed E-state index contributed by atoms with van der Waals surface area (Å²) in [4.78, 5) is 13.2. The van der Waals surface area contributed by atoms with Crippen molar-refractivity contribution >= 4 is 43.0 Å². The zero-order chi connectivity index (χ0) is 30.6. The normalized spacial score (nSPS) is 14.7. The van der Waals surface area contributed by atoms with Gasteiger partial charge in [0.2, 0.25) is 10.0 Å². The fourth-order valence-electron chi connectivity index (χ4n) is 4.49. The van der Waals surface area contributed by atoms with Gasteiger partial charge in [-0.2, -0.15) is 0 Å². The second-order valence-electron chi connectivity index (χ2n) is 9.53. The molecule has 1 heterocycles. The van der Waals surface area contributed by atoms with Crippen molar-refractivity contribution < 1.29 is 35.8 Å². The molecule has 0 saturated heterocycles. The van der Waals surface area contributed by atoms with Gasteiger partial charge < -0.3 is 19.5 Å². The van der Waals surface area contributed by atoms with E-state index in [9.17, 15) is 21.6 Å². The number of methoxy groups -OCH3 is 2. The van der Waals surface area contributed by atoms with Gasteiger partial charge in [-0.05, 0) is 54.1 Å². The van der Waals surface area contributed by atoms with E-state index in [1.807, 2.05) is 0 Å². The van der Waals surface area contributed by atoms with E-state index in [2.05, 4.69) is 10.0 Å². The molecule has 1 atom stereocenters. The molecule has 0 spiro atoms. The van der Waals surface area contributed by atoms with Crippen LogP contribution in [-0.2, 0) is 30.6 Å². The number of rotatable bonds is 10. The van der Waals surface area contributed by atoms with E-state index in [1.54, 1.807) is 66.7 Å². The highest BCUT2D eigenvalue weighted by atomic mass is 32.2. The summed E-state index contributed by atoms with van der Waals surface area (Å²) in [5, 5.41) is 2.69. The molecule has 5 rings (SSSR count). The molecule has 0 saturated carbocycles. The highest BCUT2D eigenvalue weighted by Gasteiger charge is 2.36. The maximum absolute atomic E-state index is 13.4. The van der Waals surface area contributed by atoms with Crippen LogP contribution in [0.3, 0.4) is 0 Å². The number of sulfonamides is 2. The summed E-state index contributed by atoms with van der Waals surface area (Å²) < 4.78 is 72.9. The molecule has 224 valence electrons. The summed E-state index contributed by atoms with van der Waals surface area (Å²) in [6.45, 7) is -0.238. The second-order valence-corrected chi connectivity index (χ2v) is 13.1. The van der Waals surface area contributed by atoms with Gasteiger partial charge in [0.25, 0.3) is 15.9 Å². The molecule has 0 aliphatic carbocycles. The van der Waals surface area contributed by atoms with Gasteiger partial charge in [0.1, 0.15) is 17.2 Å². The quantitative estimate of drug-likeness (QED) is 0.267. The minimum atomic E-state index is -4.00. The molecule has 1 aliphatic heterocycles. The average molecular weight is 624 g/mol. The van der Waals surface area contributed by atoms with E-state index in [0.29, 0.717) is 22.7 Å². The Morgan fingerprint density at radius 3 is 2.28 bits per heavy atom. The standard InChI is InChI=1S/C30H29N3O8S2/c1-39-23-14-17-25(28(18-23)40-2)32-43(37,38)24-15-12-22(13-16-24)31-30(34)29-19-33(26-10-6-7-11-27(26)41-29)42(35,36)20-21-8-4-3-5-9-21/h3-18,29,32H,19-20H2,1-2H3,(H,31,34). The summed E-state index contributed by atoms with van der Waals surface area (Å²) in [5.41, 5.74) is 1.48. The first-order valence-corrected chi connectivity index (χ1v) is 16.1. The van der Waals surface area contributed by atoms with Crippen LogP contribution in [0.1, 0.15) is 5.56 Å². The third-order valence-electron chi connectivity index (χ3n) is 6.64. The lowest BCUT2D eigenvalue weighted by molar-refractivity contribution is -0.122. The lowest BCUT2D eigenvalue weighted by Crippen LogP contribution is -2.49. The van der Waals surface area contributed by atoms with Crippen LogP contribution in [0.4, 0.5) is 17.1 Å². The van der Waals surface area contributed by atoms with E-state index in [1.165, 1.54) is 48.9 Å². The Kier molecular flexibility index (Phi) is 8.46. The van der Waals surface area contributed by atoms with Gasteiger partial charge in [-0.15, -0.1) is 0 Å². The van der Waals surface area contributed by atoms with Crippen LogP contribution in [0.25, 0.3) is 0 Å². The number of nitrogens with one attached hydrogen (secondary N) is 2. The summed E-state index contributed by atoms with van der Waals surface area (Å²) in [7, 11) is -4.96. The van der Waals surface area contributed by atoms with Crippen LogP contribution in [0, 0.1) is 0 Å². The molecule has 1 amide bonds. The lowest BCUT2D eigenvalue weighted by Gasteiger charge is -2.34. The van der Waals surface area contributed by atoms with Crippen molar-refractivity contribution in [3.63, 3.8) is 0 Å². The van der Waals surface area contributed by atoms with E-state index in [-0.39, 0.29) is 34.4 Å². The second kappa shape index (κ2) is 12.2. The molecule has 0 aromatic heterocycles. The van der Waals surface area contributed by atoms with Crippen LogP contribution >= 0.6 is 0 Å². The molecule has 1 aliphatic rings. The summed E-state index contributed by atoms with van der Waals surface area (Å²) in [5.74, 6) is 0.198. The molecule has 0 bridgehead atoms. The number of ether oxygens (including phenoxy) is 3. The van der Waals surface area contributed by atoms with E-state index in [4.69, 9.17) is 14.2 Å². The number of fused-ring (bicyclic) bond motifs is 1. The zero-order valence-electron chi connectivity index (χ0n) is 23.3. The minimum Gasteiger partial charge on any atom is -0.497 e. The third kappa shape index (κ3) is 6.68. The number of nitrogens with zero attached hydrogens (tertiary/aromatic N) is 1. The Morgan fingerprint density at radius 1 is 0.884 bits per heavy atom. The number of benzene rings is 4. The van der Waals surface area contributed by atoms with Crippen LogP contribution < -0.4 is 28.6 Å². The first kappa shape index (κ1) is 29.7. The molecule has 4 aromatic rings. The van der Waals surface area contributed by atoms with E-state index in [0.717, 1.165) is 0 Å². The largest absolute Gasteiger partial charge is 0.497 e. The molecule has 4 aromatic carbocycles. The lowest BCUT2D eigenvalue weighted by atomic mass is 10.2. The predicted molar refractivity (Wildman–Crippen MR) is 163 cm³/mol. The van der Waals surface area contributed by atoms with Crippen molar-refractivity contribution in [2.75, 3.05) is 35.1 Å². The number of para-hydroxylation sites is 2. The highest BCUT2D eigenvalue weighted by molar-refractivity contribution is 7.92. The molecule has 1 unspecified atom stereocenters. The Hall–Kier alpha value is -4.75. The van der Waals surface area contributed by atoms with Gasteiger partial charge in [-0.25, -0.2) is 16.8 Å². The molecular weight excluding hydrogens is 594 g/mol. The molecule has 43 heavy (non-hydrogen) atoms. The predicted octanol–water partition coefficient (Wildman–Crippen LogP) is 4.24. The van der Waals surface area contributed by atoms with Crippen molar-refractivity contribution in [3.05, 3.63) is 103 Å². The van der Waals surface area contributed by atoms with Gasteiger partial charge in [-0.1, -0.05) is 42.5 Å². The number of anilines is 3. The van der Waals surface area contributed by atoms with Crippen molar-refractivity contribution in [2.45, 2.75) is 16.8 Å². The number of carbonyl (C=O) groups excluding carboxylic acids is 1. The number of carbonyl (C=O) groups is 1. The third-order valence-corrected chi connectivity index (χ3v) is 9.74. The molecular formula is C30H29N3O8S2. The van der Waals surface area contributed by atoms with Crippen LogP contribution in [0.15, 0.2) is 102 Å². The first-order valence-electron chi connectivity index (χ1n) is 13.1. The van der Waals surface area contributed by atoms with Gasteiger partial charge >= 0.3 is 0 Å². The minimum absolute atomic E-state index is 0.0515. The fraction of sp³-hybridized carbons (Fsp3) is 0.167. The van der Waals surface area contributed by atoms with E-state index < -0.39 is 32.1 Å². The van der Waals surface area contributed by atoms with Gasteiger partial charge in [0, 0.05) is 11.8 Å². The number of hydrogen-bond donors (Lipinski definition) is 2. The molecule has 11 nitrogen and oxygen atoms in total. The van der Waals surface area contributed by atoms with Crippen molar-refractivity contribution in [3.8, 4) is 17.2 Å². The first-order chi connectivity index (χ1) is 20.6. The molecule has 0 fully saturated rings. The van der Waals surface area contributed by atoms with Gasteiger partial charge in [0.05, 0.1) is 42.8 Å². The van der Waals surface area contributed by atoms with E-state index >= 15 is 0 Å². The Bertz CT molecular complexity index is 1830. The van der Waals surface area contributed by atoms with Crippen molar-refractivity contribution in [1.29, 1.82) is 0 Å². The Morgan fingerprint density at radius 2 is 1.58 bits per heavy atom. The van der Waals surface area contributed by atoms with Crippen molar-refractivity contribution in [1.82, 2.24) is 0 Å². The van der Waals surface area contributed by atoms with Crippen LogP contribution in [0.2, 0.25) is 0 Å². The average Bonchev–Trinajstić information content (AvgIpc) is 3.01. The summed E-state index contributed by atoms with van der Waals surface area (Å²) in [6.07, 6.45) is -1.16. The van der Waals surface area contributed by atoms with Crippen molar-refractivity contribution in [2.24, 2.45) is 0 Å². The Labute approximate surface area is 250 Å². The molecule has 13 heteroatoms. The zero-order valence-corrected chi connectivity index (χ0v) is 24.9.